The summed E-state index contributed by atoms with van der Waals surface area (Å²) in [6.07, 6.45) is 0. The largest absolute Gasteiger partial charge is 0.496 e. The lowest BCUT2D eigenvalue weighted by Crippen LogP contribution is -2.29. The molecule has 2 aromatic rings. The highest BCUT2D eigenvalue weighted by atomic mass is 16.5. The van der Waals surface area contributed by atoms with E-state index in [2.05, 4.69) is 0 Å². The van der Waals surface area contributed by atoms with Gasteiger partial charge >= 0.3 is 0 Å². The van der Waals surface area contributed by atoms with Gasteiger partial charge in [0.05, 0.1) is 19.8 Å². The Morgan fingerprint density at radius 3 is 2.39 bits per heavy atom. The second-order valence-electron chi connectivity index (χ2n) is 5.29. The average molecular weight is 313 g/mol. The number of ether oxygens (including phenoxy) is 2. The van der Waals surface area contributed by atoms with Gasteiger partial charge in [-0.2, -0.15) is 0 Å². The van der Waals surface area contributed by atoms with E-state index in [1.807, 2.05) is 50.2 Å². The molecule has 23 heavy (non-hydrogen) atoms. The molecule has 0 aromatic heterocycles. The van der Waals surface area contributed by atoms with Crippen LogP contribution in [0.25, 0.3) is 0 Å². The van der Waals surface area contributed by atoms with Crippen molar-refractivity contribution < 1.29 is 14.3 Å². The van der Waals surface area contributed by atoms with Gasteiger partial charge in [0.25, 0.3) is 5.91 Å². The molecule has 1 atom stereocenters. The van der Waals surface area contributed by atoms with Crippen molar-refractivity contribution in [1.82, 2.24) is 4.90 Å². The molecule has 2 rings (SSSR count). The molecular weight excluding hydrogens is 290 g/mol. The SMILES string of the molecule is CCOc1ccc(C(=O)N(C)C(C)c2ccccc2OC)cc1. The van der Waals surface area contributed by atoms with Gasteiger partial charge in [0, 0.05) is 18.2 Å². The summed E-state index contributed by atoms with van der Waals surface area (Å²) < 4.78 is 10.8. The highest BCUT2D eigenvalue weighted by Gasteiger charge is 2.21. The van der Waals surface area contributed by atoms with Crippen molar-refractivity contribution in [3.8, 4) is 11.5 Å². The van der Waals surface area contributed by atoms with Crippen LogP contribution >= 0.6 is 0 Å². The summed E-state index contributed by atoms with van der Waals surface area (Å²) in [5.74, 6) is 1.52. The second-order valence-corrected chi connectivity index (χ2v) is 5.29. The molecule has 0 saturated carbocycles. The van der Waals surface area contributed by atoms with Crippen LogP contribution in [0.3, 0.4) is 0 Å². The first-order valence-electron chi connectivity index (χ1n) is 7.71. The van der Waals surface area contributed by atoms with Gasteiger partial charge in [-0.05, 0) is 44.2 Å². The number of hydrogen-bond donors (Lipinski definition) is 0. The Morgan fingerprint density at radius 2 is 1.78 bits per heavy atom. The first-order valence-corrected chi connectivity index (χ1v) is 7.71. The lowest BCUT2D eigenvalue weighted by Gasteiger charge is -2.26. The minimum absolute atomic E-state index is 0.0357. The maximum Gasteiger partial charge on any atom is 0.254 e. The van der Waals surface area contributed by atoms with E-state index in [1.165, 1.54) is 0 Å². The Hall–Kier alpha value is -2.49. The van der Waals surface area contributed by atoms with Gasteiger partial charge in [0.1, 0.15) is 11.5 Å². The van der Waals surface area contributed by atoms with E-state index in [9.17, 15) is 4.79 Å². The number of amides is 1. The fourth-order valence-corrected chi connectivity index (χ4v) is 2.46. The van der Waals surface area contributed by atoms with Gasteiger partial charge < -0.3 is 14.4 Å². The molecule has 4 nitrogen and oxygen atoms in total. The number of carbonyl (C=O) groups is 1. The number of benzene rings is 2. The minimum Gasteiger partial charge on any atom is -0.496 e. The molecule has 0 aliphatic rings. The van der Waals surface area contributed by atoms with Crippen LogP contribution in [0.15, 0.2) is 48.5 Å². The van der Waals surface area contributed by atoms with E-state index in [1.54, 1.807) is 31.2 Å². The molecule has 2 aromatic carbocycles. The summed E-state index contributed by atoms with van der Waals surface area (Å²) in [6.45, 7) is 4.53. The topological polar surface area (TPSA) is 38.8 Å². The molecule has 0 aliphatic heterocycles. The average Bonchev–Trinajstić information content (AvgIpc) is 2.60. The molecule has 0 spiro atoms. The van der Waals surface area contributed by atoms with Crippen LogP contribution in [0.2, 0.25) is 0 Å². The highest BCUT2D eigenvalue weighted by Crippen LogP contribution is 2.29. The molecule has 122 valence electrons. The van der Waals surface area contributed by atoms with E-state index in [0.29, 0.717) is 12.2 Å². The number of carbonyl (C=O) groups excluding carboxylic acids is 1. The number of nitrogens with zero attached hydrogens (tertiary/aromatic N) is 1. The van der Waals surface area contributed by atoms with Gasteiger partial charge in [-0.3, -0.25) is 4.79 Å². The fraction of sp³-hybridized carbons (Fsp3) is 0.316. The molecule has 4 heteroatoms. The van der Waals surface area contributed by atoms with Crippen LogP contribution in [-0.4, -0.2) is 31.6 Å². The predicted octanol–water partition coefficient (Wildman–Crippen LogP) is 3.93. The molecule has 0 radical (unpaired) electrons. The van der Waals surface area contributed by atoms with E-state index in [0.717, 1.165) is 17.1 Å². The smallest absolute Gasteiger partial charge is 0.254 e. The van der Waals surface area contributed by atoms with E-state index in [4.69, 9.17) is 9.47 Å². The third-order valence-electron chi connectivity index (χ3n) is 3.90. The van der Waals surface area contributed by atoms with Gasteiger partial charge in [0.2, 0.25) is 0 Å². The maximum absolute atomic E-state index is 12.7. The number of methoxy groups -OCH3 is 1. The molecule has 1 amide bonds. The molecule has 1 unspecified atom stereocenters. The Labute approximate surface area is 137 Å². The van der Waals surface area contributed by atoms with Crippen LogP contribution < -0.4 is 9.47 Å². The summed E-state index contributed by atoms with van der Waals surface area (Å²) in [5, 5.41) is 0. The van der Waals surface area contributed by atoms with Crippen molar-refractivity contribution in [2.24, 2.45) is 0 Å². The highest BCUT2D eigenvalue weighted by molar-refractivity contribution is 5.94. The van der Waals surface area contributed by atoms with Gasteiger partial charge in [-0.15, -0.1) is 0 Å². The molecule has 0 heterocycles. The lowest BCUT2D eigenvalue weighted by molar-refractivity contribution is 0.0741. The molecule has 0 bridgehead atoms. The van der Waals surface area contributed by atoms with Crippen molar-refractivity contribution in [3.63, 3.8) is 0 Å². The summed E-state index contributed by atoms with van der Waals surface area (Å²) in [4.78, 5) is 14.4. The van der Waals surface area contributed by atoms with Gasteiger partial charge in [-0.1, -0.05) is 18.2 Å². The summed E-state index contributed by atoms with van der Waals surface area (Å²) in [6, 6.07) is 14.9. The monoisotopic (exact) mass is 313 g/mol. The zero-order valence-electron chi connectivity index (χ0n) is 14.1. The third kappa shape index (κ3) is 3.83. The summed E-state index contributed by atoms with van der Waals surface area (Å²) in [7, 11) is 3.44. The lowest BCUT2D eigenvalue weighted by atomic mass is 10.0. The Kier molecular flexibility index (Phi) is 5.63. The van der Waals surface area contributed by atoms with E-state index in [-0.39, 0.29) is 11.9 Å². The third-order valence-corrected chi connectivity index (χ3v) is 3.90. The van der Waals surface area contributed by atoms with Gasteiger partial charge in [0.15, 0.2) is 0 Å². The van der Waals surface area contributed by atoms with Crippen molar-refractivity contribution in [1.29, 1.82) is 0 Å². The van der Waals surface area contributed by atoms with Crippen LogP contribution in [0, 0.1) is 0 Å². The quantitative estimate of drug-likeness (QED) is 0.811. The minimum atomic E-state index is -0.0924. The maximum atomic E-state index is 12.7. The Morgan fingerprint density at radius 1 is 1.13 bits per heavy atom. The van der Waals surface area contributed by atoms with Crippen molar-refractivity contribution in [3.05, 3.63) is 59.7 Å². The normalized spacial score (nSPS) is 11.7. The first-order chi connectivity index (χ1) is 11.1. The van der Waals surface area contributed by atoms with Crippen LogP contribution in [0.1, 0.15) is 35.8 Å². The molecule has 0 saturated heterocycles. The standard InChI is InChI=1S/C19H23NO3/c1-5-23-16-12-10-15(11-13-16)19(21)20(3)14(2)17-8-6-7-9-18(17)22-4/h6-14H,5H2,1-4H3. The molecule has 0 aliphatic carbocycles. The Bertz CT molecular complexity index is 652. The zero-order chi connectivity index (χ0) is 16.8. The molecule has 0 N–H and O–H groups in total. The van der Waals surface area contributed by atoms with Gasteiger partial charge in [-0.25, -0.2) is 0 Å². The first kappa shape index (κ1) is 16.9. The van der Waals surface area contributed by atoms with Crippen molar-refractivity contribution in [2.75, 3.05) is 20.8 Å². The zero-order valence-corrected chi connectivity index (χ0v) is 14.1. The fourth-order valence-electron chi connectivity index (χ4n) is 2.46. The second kappa shape index (κ2) is 7.68. The van der Waals surface area contributed by atoms with E-state index < -0.39 is 0 Å². The Balaban J connectivity index is 2.18. The van der Waals surface area contributed by atoms with Crippen LogP contribution in [0.4, 0.5) is 0 Å². The van der Waals surface area contributed by atoms with E-state index >= 15 is 0 Å². The van der Waals surface area contributed by atoms with Crippen LogP contribution in [0.5, 0.6) is 11.5 Å². The number of para-hydroxylation sites is 1. The molecular formula is C19H23NO3. The predicted molar refractivity (Wildman–Crippen MR) is 91.1 cm³/mol. The number of rotatable bonds is 6. The molecule has 0 fully saturated rings. The summed E-state index contributed by atoms with van der Waals surface area (Å²) in [5.41, 5.74) is 1.62. The van der Waals surface area contributed by atoms with Crippen molar-refractivity contribution in [2.45, 2.75) is 19.9 Å². The van der Waals surface area contributed by atoms with Crippen molar-refractivity contribution >= 4 is 5.91 Å². The van der Waals surface area contributed by atoms with Crippen LogP contribution in [-0.2, 0) is 0 Å². The summed E-state index contributed by atoms with van der Waals surface area (Å²) >= 11 is 0. The number of hydrogen-bond acceptors (Lipinski definition) is 3.